The minimum atomic E-state index is -4.39. The van der Waals surface area contributed by atoms with Crippen molar-refractivity contribution in [1.29, 1.82) is 0 Å². The molecule has 0 spiro atoms. The number of hydrogen-bond acceptors (Lipinski definition) is 5. The maximum atomic E-state index is 13.1. The molecular formula is C16H16Cl2N2O5S. The van der Waals surface area contributed by atoms with Crippen molar-refractivity contribution in [3.8, 4) is 5.75 Å². The van der Waals surface area contributed by atoms with E-state index in [1.165, 1.54) is 18.5 Å². The number of hydrogen-bond donors (Lipinski definition) is 3. The molecule has 3 N–H and O–H groups in total. The number of amides is 1. The summed E-state index contributed by atoms with van der Waals surface area (Å²) < 4.78 is 27.1. The molecule has 2 aromatic rings. The SMILES string of the molecule is C[C@@H](C(=O)NO)N(Cc1ccccc1)S(=O)(=O)c1cc(Cl)cc(Cl)c1O. The molecule has 0 aliphatic heterocycles. The zero-order valence-electron chi connectivity index (χ0n) is 13.6. The van der Waals surface area contributed by atoms with Gasteiger partial charge in [-0.1, -0.05) is 53.5 Å². The van der Waals surface area contributed by atoms with E-state index in [4.69, 9.17) is 28.4 Å². The average molecular weight is 419 g/mol. The summed E-state index contributed by atoms with van der Waals surface area (Å²) in [5.41, 5.74) is 2.03. The van der Waals surface area contributed by atoms with Gasteiger partial charge in [0.15, 0.2) is 5.75 Å². The molecular weight excluding hydrogens is 403 g/mol. The summed E-state index contributed by atoms with van der Waals surface area (Å²) in [4.78, 5) is 11.3. The van der Waals surface area contributed by atoms with Crippen LogP contribution in [-0.4, -0.2) is 35.0 Å². The summed E-state index contributed by atoms with van der Waals surface area (Å²) in [5, 5.41) is 18.8. The lowest BCUT2D eigenvalue weighted by atomic mass is 10.2. The summed E-state index contributed by atoms with van der Waals surface area (Å²) >= 11 is 11.7. The van der Waals surface area contributed by atoms with Crippen molar-refractivity contribution < 1.29 is 23.5 Å². The summed E-state index contributed by atoms with van der Waals surface area (Å²) in [6.07, 6.45) is 0. The van der Waals surface area contributed by atoms with Gasteiger partial charge in [-0.25, -0.2) is 13.9 Å². The number of nitrogens with one attached hydrogen (secondary N) is 1. The molecule has 0 aromatic heterocycles. The first-order valence-corrected chi connectivity index (χ1v) is 9.55. The number of hydroxylamine groups is 1. The number of rotatable bonds is 6. The number of nitrogens with zero attached hydrogens (tertiary/aromatic N) is 1. The minimum absolute atomic E-state index is 0.00491. The third-order valence-corrected chi connectivity index (χ3v) is 6.12. The van der Waals surface area contributed by atoms with Crippen LogP contribution in [0.25, 0.3) is 0 Å². The number of phenols is 1. The Hall–Kier alpha value is -1.84. The van der Waals surface area contributed by atoms with Crippen LogP contribution < -0.4 is 5.48 Å². The Labute approximate surface area is 160 Å². The zero-order valence-corrected chi connectivity index (χ0v) is 15.9. The second-order valence-electron chi connectivity index (χ2n) is 5.42. The lowest BCUT2D eigenvalue weighted by Crippen LogP contribution is -2.46. The Morgan fingerprint density at radius 1 is 1.23 bits per heavy atom. The molecule has 2 aromatic carbocycles. The van der Waals surface area contributed by atoms with Crippen LogP contribution in [-0.2, 0) is 21.4 Å². The molecule has 2 rings (SSSR count). The maximum Gasteiger partial charge on any atom is 0.261 e. The molecule has 0 radical (unpaired) electrons. The quantitative estimate of drug-likeness (QED) is 0.493. The van der Waals surface area contributed by atoms with Crippen LogP contribution >= 0.6 is 23.2 Å². The zero-order chi connectivity index (χ0) is 19.5. The van der Waals surface area contributed by atoms with Gasteiger partial charge in [0, 0.05) is 11.6 Å². The number of carbonyl (C=O) groups excluding carboxylic acids is 1. The molecule has 0 fully saturated rings. The second-order valence-corrected chi connectivity index (χ2v) is 8.12. The van der Waals surface area contributed by atoms with Crippen molar-refractivity contribution in [2.75, 3.05) is 0 Å². The molecule has 0 unspecified atom stereocenters. The highest BCUT2D eigenvalue weighted by Crippen LogP contribution is 2.36. The summed E-state index contributed by atoms with van der Waals surface area (Å²) in [6.45, 7) is 1.12. The van der Waals surface area contributed by atoms with Gasteiger partial charge in [-0.05, 0) is 24.6 Å². The van der Waals surface area contributed by atoms with Crippen LogP contribution in [0.3, 0.4) is 0 Å². The lowest BCUT2D eigenvalue weighted by molar-refractivity contribution is -0.132. The first-order chi connectivity index (χ1) is 12.2. The van der Waals surface area contributed by atoms with Gasteiger partial charge in [0.05, 0.1) is 5.02 Å². The Kier molecular flexibility index (Phi) is 6.48. The summed E-state index contributed by atoms with van der Waals surface area (Å²) in [5.74, 6) is -1.61. The van der Waals surface area contributed by atoms with Crippen LogP contribution in [0, 0.1) is 0 Å². The molecule has 0 aliphatic rings. The van der Waals surface area contributed by atoms with Crippen molar-refractivity contribution in [3.63, 3.8) is 0 Å². The minimum Gasteiger partial charge on any atom is -0.505 e. The van der Waals surface area contributed by atoms with Crippen molar-refractivity contribution in [2.24, 2.45) is 0 Å². The molecule has 1 amide bonds. The fourth-order valence-corrected chi connectivity index (χ4v) is 4.61. The van der Waals surface area contributed by atoms with Crippen molar-refractivity contribution in [2.45, 2.75) is 24.4 Å². The highest BCUT2D eigenvalue weighted by molar-refractivity contribution is 7.89. The number of sulfonamides is 1. The molecule has 26 heavy (non-hydrogen) atoms. The predicted octanol–water partition coefficient (Wildman–Crippen LogP) is 2.78. The van der Waals surface area contributed by atoms with E-state index >= 15 is 0 Å². The lowest BCUT2D eigenvalue weighted by Gasteiger charge is -2.27. The highest BCUT2D eigenvalue weighted by Gasteiger charge is 2.35. The Balaban J connectivity index is 2.58. The first-order valence-electron chi connectivity index (χ1n) is 7.36. The fourth-order valence-electron chi connectivity index (χ4n) is 2.28. The second kappa shape index (κ2) is 8.24. The van der Waals surface area contributed by atoms with Gasteiger partial charge in [-0.15, -0.1) is 0 Å². The molecule has 1 atom stereocenters. The highest BCUT2D eigenvalue weighted by atomic mass is 35.5. The van der Waals surface area contributed by atoms with Gasteiger partial charge in [0.25, 0.3) is 5.91 Å². The van der Waals surface area contributed by atoms with E-state index < -0.39 is 32.6 Å². The standard InChI is InChI=1S/C16H16Cl2N2O5S/c1-10(16(22)19-23)20(9-11-5-3-2-4-6-11)26(24,25)14-8-12(17)7-13(18)15(14)21/h2-8,10,21,23H,9H2,1H3,(H,19,22)/t10-/m0/s1. The number of benzene rings is 2. The van der Waals surface area contributed by atoms with Gasteiger partial charge in [-0.3, -0.25) is 10.0 Å². The Morgan fingerprint density at radius 2 is 1.85 bits per heavy atom. The van der Waals surface area contributed by atoms with Crippen LogP contribution in [0.5, 0.6) is 5.75 Å². The summed E-state index contributed by atoms with van der Waals surface area (Å²) in [7, 11) is -4.39. The van der Waals surface area contributed by atoms with Gasteiger partial charge < -0.3 is 5.11 Å². The van der Waals surface area contributed by atoms with E-state index in [1.54, 1.807) is 30.3 Å². The Morgan fingerprint density at radius 3 is 2.42 bits per heavy atom. The topological polar surface area (TPSA) is 107 Å². The van der Waals surface area contributed by atoms with Crippen LogP contribution in [0.1, 0.15) is 12.5 Å². The molecule has 0 aliphatic carbocycles. The van der Waals surface area contributed by atoms with Crippen LogP contribution in [0.15, 0.2) is 47.4 Å². The van der Waals surface area contributed by atoms with E-state index in [1.807, 2.05) is 0 Å². The molecule has 0 saturated heterocycles. The number of carbonyl (C=O) groups is 1. The third kappa shape index (κ3) is 4.28. The van der Waals surface area contributed by atoms with E-state index in [0.29, 0.717) is 5.56 Å². The number of phenolic OH excluding ortho intramolecular Hbond substituents is 1. The largest absolute Gasteiger partial charge is 0.505 e. The molecule has 7 nitrogen and oxygen atoms in total. The average Bonchev–Trinajstić information content (AvgIpc) is 2.62. The molecule has 10 heteroatoms. The van der Waals surface area contributed by atoms with Gasteiger partial charge in [0.2, 0.25) is 10.0 Å². The fraction of sp³-hybridized carbons (Fsp3) is 0.188. The van der Waals surface area contributed by atoms with E-state index in [2.05, 4.69) is 0 Å². The normalized spacial score (nSPS) is 12.8. The number of halogens is 2. The Bertz CT molecular complexity index is 906. The molecule has 0 heterocycles. The maximum absolute atomic E-state index is 13.1. The smallest absolute Gasteiger partial charge is 0.261 e. The molecule has 0 bridgehead atoms. The van der Waals surface area contributed by atoms with Crippen molar-refractivity contribution in [1.82, 2.24) is 9.79 Å². The van der Waals surface area contributed by atoms with Crippen LogP contribution in [0.2, 0.25) is 10.0 Å². The first kappa shape index (κ1) is 20.5. The monoisotopic (exact) mass is 418 g/mol. The van der Waals surface area contributed by atoms with Crippen molar-refractivity contribution >= 4 is 39.1 Å². The van der Waals surface area contributed by atoms with E-state index in [-0.39, 0.29) is 16.6 Å². The van der Waals surface area contributed by atoms with Gasteiger partial charge in [-0.2, -0.15) is 4.31 Å². The van der Waals surface area contributed by atoms with Gasteiger partial charge >= 0.3 is 0 Å². The molecule has 0 saturated carbocycles. The van der Waals surface area contributed by atoms with E-state index in [9.17, 15) is 18.3 Å². The molecule has 140 valence electrons. The van der Waals surface area contributed by atoms with Crippen LogP contribution in [0.4, 0.5) is 0 Å². The van der Waals surface area contributed by atoms with E-state index in [0.717, 1.165) is 10.4 Å². The predicted molar refractivity (Wildman–Crippen MR) is 96.7 cm³/mol. The number of aromatic hydroxyl groups is 1. The van der Waals surface area contributed by atoms with Gasteiger partial charge in [0.1, 0.15) is 10.9 Å². The summed E-state index contributed by atoms with van der Waals surface area (Å²) in [6, 6.07) is 9.50. The van der Waals surface area contributed by atoms with Crippen molar-refractivity contribution in [3.05, 3.63) is 58.1 Å². The third-order valence-electron chi connectivity index (χ3n) is 3.68.